The highest BCUT2D eigenvalue weighted by atomic mass is 79.9. The van der Waals surface area contributed by atoms with Crippen molar-refractivity contribution in [3.8, 4) is 0 Å². The maximum absolute atomic E-state index is 12.7. The Hall–Kier alpha value is -0.170. The summed E-state index contributed by atoms with van der Waals surface area (Å²) in [5, 5.41) is 0. The Labute approximate surface area is 133 Å². The van der Waals surface area contributed by atoms with Gasteiger partial charge in [-0.15, -0.1) is 11.3 Å². The molecule has 0 bridgehead atoms. The molecule has 0 saturated heterocycles. The summed E-state index contributed by atoms with van der Waals surface area (Å²) in [7, 11) is -3.37. The summed E-state index contributed by atoms with van der Waals surface area (Å²) in [5.41, 5.74) is 1.46. The molecule has 6 heteroatoms. The number of hydrogen-bond donors (Lipinski definition) is 0. The lowest BCUT2D eigenvalue weighted by Crippen LogP contribution is -2.36. The lowest BCUT2D eigenvalue weighted by molar-refractivity contribution is 0.389. The van der Waals surface area contributed by atoms with Crippen LogP contribution in [-0.2, 0) is 10.0 Å². The summed E-state index contributed by atoms with van der Waals surface area (Å²) in [4.78, 5) is 1.27. The van der Waals surface area contributed by atoms with Gasteiger partial charge in [0.2, 0.25) is 10.0 Å². The van der Waals surface area contributed by atoms with Gasteiger partial charge in [-0.25, -0.2) is 8.42 Å². The normalized spacial score (nSPS) is 18.1. The number of aryl methyl sites for hydroxylation is 1. The van der Waals surface area contributed by atoms with Crippen LogP contribution in [0.4, 0.5) is 0 Å². The lowest BCUT2D eigenvalue weighted by Gasteiger charge is -2.31. The highest BCUT2D eigenvalue weighted by Crippen LogP contribution is 2.34. The number of rotatable bonds is 2. The van der Waals surface area contributed by atoms with Gasteiger partial charge in [0.15, 0.2) is 0 Å². The summed E-state index contributed by atoms with van der Waals surface area (Å²) in [6.45, 7) is 9.40. The van der Waals surface area contributed by atoms with Crippen LogP contribution in [0, 0.1) is 12.3 Å². The Kier molecular flexibility index (Phi) is 4.50. The molecule has 112 valence electrons. The predicted octanol–water partition coefficient (Wildman–Crippen LogP) is 4.19. The van der Waals surface area contributed by atoms with Crippen LogP contribution in [0.2, 0.25) is 0 Å². The molecule has 0 fully saturated rings. The molecule has 2 rings (SSSR count). The highest BCUT2D eigenvalue weighted by Gasteiger charge is 2.30. The second kappa shape index (κ2) is 5.55. The second-order valence-electron chi connectivity index (χ2n) is 6.06. The molecular weight excluding hydrogens is 358 g/mol. The molecule has 0 radical (unpaired) electrons. The highest BCUT2D eigenvalue weighted by molar-refractivity contribution is 9.11. The second-order valence-corrected chi connectivity index (χ2v) is 10.6. The number of sulfonamides is 1. The molecule has 3 nitrogen and oxygen atoms in total. The standard InChI is InChI=1S/C14H20BrNO2S2/c1-10-12(9-13(15)19-10)20(17,18)16-7-5-11(6-8-16)14(2,3)4/h5,9H,6-8H2,1-4H3. The fourth-order valence-electron chi connectivity index (χ4n) is 2.38. The van der Waals surface area contributed by atoms with Gasteiger partial charge in [-0.3, -0.25) is 0 Å². The van der Waals surface area contributed by atoms with E-state index in [1.54, 1.807) is 10.4 Å². The molecule has 0 unspecified atom stereocenters. The zero-order valence-corrected chi connectivity index (χ0v) is 15.5. The van der Waals surface area contributed by atoms with Crippen molar-refractivity contribution in [1.29, 1.82) is 0 Å². The van der Waals surface area contributed by atoms with Gasteiger partial charge in [0, 0.05) is 18.0 Å². The summed E-state index contributed by atoms with van der Waals surface area (Å²) < 4.78 is 27.8. The minimum Gasteiger partial charge on any atom is -0.207 e. The summed E-state index contributed by atoms with van der Waals surface area (Å²) in [5.74, 6) is 0. The molecule has 0 N–H and O–H groups in total. The van der Waals surface area contributed by atoms with Crippen LogP contribution in [0.1, 0.15) is 32.1 Å². The van der Waals surface area contributed by atoms with Gasteiger partial charge in [0.25, 0.3) is 0 Å². The van der Waals surface area contributed by atoms with E-state index in [0.717, 1.165) is 15.1 Å². The average Bonchev–Trinajstić information content (AvgIpc) is 2.68. The molecule has 0 amide bonds. The van der Waals surface area contributed by atoms with E-state index in [0.29, 0.717) is 18.0 Å². The van der Waals surface area contributed by atoms with E-state index in [1.807, 2.05) is 6.92 Å². The Morgan fingerprint density at radius 1 is 1.35 bits per heavy atom. The van der Waals surface area contributed by atoms with Crippen molar-refractivity contribution in [2.45, 2.75) is 39.0 Å². The fourth-order valence-corrected chi connectivity index (χ4v) is 6.14. The summed E-state index contributed by atoms with van der Waals surface area (Å²) in [6, 6.07) is 1.71. The SMILES string of the molecule is Cc1sc(Br)cc1S(=O)(=O)N1CC=C(C(C)(C)C)CC1. The van der Waals surface area contributed by atoms with Crippen molar-refractivity contribution in [2.75, 3.05) is 13.1 Å². The van der Waals surface area contributed by atoms with Crippen LogP contribution < -0.4 is 0 Å². The molecule has 2 heterocycles. The third-order valence-corrected chi connectivity index (χ3v) is 7.27. The Bertz CT molecular complexity index is 639. The average molecular weight is 378 g/mol. The van der Waals surface area contributed by atoms with Crippen LogP contribution in [0.3, 0.4) is 0 Å². The molecule has 1 aromatic rings. The third-order valence-electron chi connectivity index (χ3n) is 3.60. The first-order valence-corrected chi connectivity index (χ1v) is 9.63. The van der Waals surface area contributed by atoms with E-state index < -0.39 is 10.0 Å². The lowest BCUT2D eigenvalue weighted by atomic mass is 9.83. The topological polar surface area (TPSA) is 37.4 Å². The predicted molar refractivity (Wildman–Crippen MR) is 87.7 cm³/mol. The van der Waals surface area contributed by atoms with Crippen molar-refractivity contribution >= 4 is 37.3 Å². The van der Waals surface area contributed by atoms with Crippen LogP contribution >= 0.6 is 27.3 Å². The van der Waals surface area contributed by atoms with Gasteiger partial charge in [0.1, 0.15) is 0 Å². The first kappa shape index (κ1) is 16.2. The van der Waals surface area contributed by atoms with E-state index in [-0.39, 0.29) is 5.41 Å². The Morgan fingerprint density at radius 3 is 2.40 bits per heavy atom. The van der Waals surface area contributed by atoms with E-state index in [1.165, 1.54) is 16.9 Å². The summed E-state index contributed by atoms with van der Waals surface area (Å²) in [6.07, 6.45) is 2.88. The molecule has 0 atom stereocenters. The third kappa shape index (κ3) is 3.18. The van der Waals surface area contributed by atoms with E-state index in [2.05, 4.69) is 42.8 Å². The summed E-state index contributed by atoms with van der Waals surface area (Å²) >= 11 is 4.82. The van der Waals surface area contributed by atoms with Crippen LogP contribution in [-0.4, -0.2) is 25.8 Å². The van der Waals surface area contributed by atoms with E-state index in [9.17, 15) is 8.42 Å². The van der Waals surface area contributed by atoms with Crippen LogP contribution in [0.15, 0.2) is 26.4 Å². The number of hydrogen-bond acceptors (Lipinski definition) is 3. The molecule has 1 aromatic heterocycles. The van der Waals surface area contributed by atoms with Crippen molar-refractivity contribution in [2.24, 2.45) is 5.41 Å². The molecule has 1 aliphatic rings. The fraction of sp³-hybridized carbons (Fsp3) is 0.571. The Morgan fingerprint density at radius 2 is 2.00 bits per heavy atom. The number of halogens is 1. The van der Waals surface area contributed by atoms with Gasteiger partial charge in [-0.1, -0.05) is 32.4 Å². The smallest absolute Gasteiger partial charge is 0.207 e. The molecular formula is C14H20BrNO2S2. The number of thiophene rings is 1. The first-order chi connectivity index (χ1) is 9.12. The molecule has 1 aliphatic heterocycles. The van der Waals surface area contributed by atoms with Gasteiger partial charge in [0.05, 0.1) is 8.68 Å². The first-order valence-electron chi connectivity index (χ1n) is 6.58. The largest absolute Gasteiger partial charge is 0.244 e. The van der Waals surface area contributed by atoms with E-state index >= 15 is 0 Å². The molecule has 0 aromatic carbocycles. The minimum atomic E-state index is -3.37. The van der Waals surface area contributed by atoms with E-state index in [4.69, 9.17) is 0 Å². The maximum Gasteiger partial charge on any atom is 0.244 e. The van der Waals surface area contributed by atoms with Crippen LogP contribution in [0.5, 0.6) is 0 Å². The van der Waals surface area contributed by atoms with Gasteiger partial charge in [-0.2, -0.15) is 4.31 Å². The van der Waals surface area contributed by atoms with Crippen molar-refractivity contribution in [3.05, 3.63) is 26.4 Å². The van der Waals surface area contributed by atoms with Crippen molar-refractivity contribution in [1.82, 2.24) is 4.31 Å². The van der Waals surface area contributed by atoms with Crippen molar-refractivity contribution < 1.29 is 8.42 Å². The number of nitrogens with zero attached hydrogens (tertiary/aromatic N) is 1. The van der Waals surface area contributed by atoms with Gasteiger partial charge >= 0.3 is 0 Å². The zero-order valence-electron chi connectivity index (χ0n) is 12.2. The molecule has 0 spiro atoms. The molecule has 20 heavy (non-hydrogen) atoms. The van der Waals surface area contributed by atoms with Crippen LogP contribution in [0.25, 0.3) is 0 Å². The minimum absolute atomic E-state index is 0.122. The Balaban J connectivity index is 2.26. The van der Waals surface area contributed by atoms with Crippen molar-refractivity contribution in [3.63, 3.8) is 0 Å². The van der Waals surface area contributed by atoms with Gasteiger partial charge in [-0.05, 0) is 40.8 Å². The molecule has 0 saturated carbocycles. The van der Waals surface area contributed by atoms with Gasteiger partial charge < -0.3 is 0 Å². The zero-order chi connectivity index (χ0) is 15.1. The maximum atomic E-state index is 12.7. The monoisotopic (exact) mass is 377 g/mol. The molecule has 0 aliphatic carbocycles. The quantitative estimate of drug-likeness (QED) is 0.724.